The minimum Gasteiger partial charge on any atom is -0.480 e. The number of carbonyl (C=O) groups is 1. The van der Waals surface area contributed by atoms with Crippen LogP contribution in [-0.2, 0) is 21.1 Å². The SMILES string of the molecule is CC(C(=O)O)n1c(=O)n(Cc2ccccc2)c2nc(S(C)(=N)=O)nc(N)c21. The second-order valence-corrected chi connectivity index (χ2v) is 8.20. The van der Waals surface area contributed by atoms with E-state index in [-0.39, 0.29) is 28.7 Å². The number of nitrogen functional groups attached to an aromatic ring is 1. The predicted molar refractivity (Wildman–Crippen MR) is 99.1 cm³/mol. The van der Waals surface area contributed by atoms with Crippen LogP contribution in [0.3, 0.4) is 0 Å². The predicted octanol–water partition coefficient (Wildman–Crippen LogP) is 0.905. The van der Waals surface area contributed by atoms with Gasteiger partial charge in [-0.2, -0.15) is 4.98 Å². The second-order valence-electron chi connectivity index (χ2n) is 6.15. The van der Waals surface area contributed by atoms with Gasteiger partial charge in [0.2, 0.25) is 5.16 Å². The average Bonchev–Trinajstić information content (AvgIpc) is 2.87. The first-order valence-electron chi connectivity index (χ1n) is 7.90. The van der Waals surface area contributed by atoms with Crippen molar-refractivity contribution in [1.82, 2.24) is 19.1 Å². The zero-order valence-corrected chi connectivity index (χ0v) is 15.4. The molecular formula is C16H18N6O4S. The van der Waals surface area contributed by atoms with Crippen LogP contribution in [0.15, 0.2) is 40.3 Å². The fourth-order valence-corrected chi connectivity index (χ4v) is 3.26. The van der Waals surface area contributed by atoms with Gasteiger partial charge in [-0.05, 0) is 12.5 Å². The lowest BCUT2D eigenvalue weighted by Crippen LogP contribution is -2.30. The lowest BCUT2D eigenvalue weighted by Gasteiger charge is -2.09. The van der Waals surface area contributed by atoms with Crippen molar-refractivity contribution in [2.75, 3.05) is 12.0 Å². The highest BCUT2D eigenvalue weighted by atomic mass is 32.2. The van der Waals surface area contributed by atoms with Crippen LogP contribution in [0.4, 0.5) is 5.82 Å². The van der Waals surface area contributed by atoms with Crippen LogP contribution >= 0.6 is 0 Å². The fraction of sp³-hybridized carbons (Fsp3) is 0.250. The molecule has 0 radical (unpaired) electrons. The van der Waals surface area contributed by atoms with Crippen molar-refractivity contribution in [1.29, 1.82) is 4.78 Å². The number of aromatic nitrogens is 4. The molecule has 1 aromatic carbocycles. The molecule has 0 aliphatic rings. The molecule has 2 heterocycles. The molecule has 0 saturated carbocycles. The number of hydrogen-bond donors (Lipinski definition) is 3. The topological polar surface area (TPSA) is 157 Å². The number of carboxylic acid groups (broad SMARTS) is 1. The summed E-state index contributed by atoms with van der Waals surface area (Å²) in [5.74, 6) is -1.42. The van der Waals surface area contributed by atoms with Gasteiger partial charge in [0.1, 0.15) is 21.3 Å². The Bertz CT molecular complexity index is 1200. The zero-order chi connectivity index (χ0) is 19.9. The van der Waals surface area contributed by atoms with Gasteiger partial charge < -0.3 is 10.8 Å². The Labute approximate surface area is 154 Å². The maximum Gasteiger partial charge on any atom is 0.331 e. The first-order valence-corrected chi connectivity index (χ1v) is 9.86. The van der Waals surface area contributed by atoms with E-state index in [0.717, 1.165) is 16.4 Å². The zero-order valence-electron chi connectivity index (χ0n) is 14.6. The summed E-state index contributed by atoms with van der Waals surface area (Å²) < 4.78 is 22.0. The van der Waals surface area contributed by atoms with Gasteiger partial charge in [-0.1, -0.05) is 30.3 Å². The monoisotopic (exact) mass is 390 g/mol. The molecule has 3 rings (SSSR count). The first kappa shape index (κ1) is 18.6. The Balaban J connectivity index is 2.39. The maximum atomic E-state index is 13.0. The lowest BCUT2D eigenvalue weighted by molar-refractivity contribution is -0.140. The largest absolute Gasteiger partial charge is 0.480 e. The third-order valence-corrected chi connectivity index (χ3v) is 4.96. The standard InChI is InChI=1S/C16H18N6O4S/c1-9(14(23)24)22-11-12(17)19-15(27(2,18)26)20-13(11)21(16(22)25)8-10-6-4-3-5-7-10/h3-7,9,18H,8H2,1-2H3,(H,23,24)(H2,17,19,20). The molecule has 27 heavy (non-hydrogen) atoms. The number of anilines is 1. The van der Waals surface area contributed by atoms with E-state index < -0.39 is 27.4 Å². The summed E-state index contributed by atoms with van der Waals surface area (Å²) in [6.45, 7) is 1.45. The number of nitrogens with zero attached hydrogens (tertiary/aromatic N) is 4. The van der Waals surface area contributed by atoms with E-state index in [1.54, 1.807) is 24.3 Å². The normalized spacial score (nSPS) is 14.7. The quantitative estimate of drug-likeness (QED) is 0.546. The van der Waals surface area contributed by atoms with Crippen LogP contribution in [0.2, 0.25) is 0 Å². The van der Waals surface area contributed by atoms with Gasteiger partial charge in [-0.15, -0.1) is 0 Å². The number of rotatable bonds is 5. The van der Waals surface area contributed by atoms with Gasteiger partial charge in [0.25, 0.3) is 0 Å². The molecule has 2 unspecified atom stereocenters. The Morgan fingerprint density at radius 2 is 1.96 bits per heavy atom. The van der Waals surface area contributed by atoms with Crippen molar-refractivity contribution < 1.29 is 14.1 Å². The van der Waals surface area contributed by atoms with Crippen LogP contribution in [0, 0.1) is 4.78 Å². The Kier molecular flexibility index (Phi) is 4.47. The minimum atomic E-state index is -3.29. The van der Waals surface area contributed by atoms with Crippen molar-refractivity contribution in [2.45, 2.75) is 24.7 Å². The van der Waals surface area contributed by atoms with E-state index in [2.05, 4.69) is 9.97 Å². The van der Waals surface area contributed by atoms with Crippen LogP contribution in [0.25, 0.3) is 11.2 Å². The van der Waals surface area contributed by atoms with Crippen molar-refractivity contribution in [3.8, 4) is 0 Å². The first-order chi connectivity index (χ1) is 12.6. The van der Waals surface area contributed by atoms with Crippen molar-refractivity contribution in [2.24, 2.45) is 0 Å². The highest BCUT2D eigenvalue weighted by Crippen LogP contribution is 2.23. The number of nitrogens with one attached hydrogen (secondary N) is 1. The number of imidazole rings is 1. The molecule has 0 spiro atoms. The summed E-state index contributed by atoms with van der Waals surface area (Å²) in [5, 5.41) is 9.06. The average molecular weight is 390 g/mol. The molecule has 0 saturated heterocycles. The summed E-state index contributed by atoms with van der Waals surface area (Å²) in [4.78, 5) is 32.4. The summed E-state index contributed by atoms with van der Waals surface area (Å²) in [6.07, 6.45) is 1.14. The van der Waals surface area contributed by atoms with Gasteiger partial charge in [-0.25, -0.2) is 23.6 Å². The number of hydrogen-bond acceptors (Lipinski definition) is 7. The van der Waals surface area contributed by atoms with Crippen LogP contribution < -0.4 is 11.4 Å². The second kappa shape index (κ2) is 6.50. The third-order valence-electron chi connectivity index (χ3n) is 4.08. The summed E-state index contributed by atoms with van der Waals surface area (Å²) in [6, 6.07) is 7.82. The van der Waals surface area contributed by atoms with Crippen LogP contribution in [0.1, 0.15) is 18.5 Å². The maximum absolute atomic E-state index is 13.0. The minimum absolute atomic E-state index is 0.0400. The Morgan fingerprint density at radius 1 is 1.33 bits per heavy atom. The number of carboxylic acids is 1. The number of fused-ring (bicyclic) bond motifs is 1. The molecule has 2 aromatic heterocycles. The molecule has 0 aliphatic heterocycles. The van der Waals surface area contributed by atoms with E-state index in [4.69, 9.17) is 10.5 Å². The molecule has 0 bridgehead atoms. The lowest BCUT2D eigenvalue weighted by atomic mass is 10.2. The third kappa shape index (κ3) is 3.28. The molecule has 10 nitrogen and oxygen atoms in total. The van der Waals surface area contributed by atoms with Gasteiger partial charge in [-0.3, -0.25) is 9.13 Å². The molecule has 4 N–H and O–H groups in total. The fourth-order valence-electron chi connectivity index (χ4n) is 2.73. The van der Waals surface area contributed by atoms with E-state index in [0.29, 0.717) is 0 Å². The van der Waals surface area contributed by atoms with E-state index in [1.165, 1.54) is 11.5 Å². The summed E-state index contributed by atoms with van der Waals surface area (Å²) in [5.41, 5.74) is 6.18. The molecule has 0 fully saturated rings. The number of nitrogens with two attached hydrogens (primary N) is 1. The molecule has 3 aromatic rings. The molecular weight excluding hydrogens is 372 g/mol. The molecule has 142 valence electrons. The van der Waals surface area contributed by atoms with Crippen molar-refractivity contribution in [3.05, 3.63) is 46.4 Å². The highest BCUT2D eigenvalue weighted by molar-refractivity contribution is 7.91. The van der Waals surface area contributed by atoms with Gasteiger partial charge in [0.05, 0.1) is 6.54 Å². The molecule has 0 amide bonds. The molecule has 0 aliphatic carbocycles. The van der Waals surface area contributed by atoms with E-state index in [1.807, 2.05) is 6.07 Å². The summed E-state index contributed by atoms with van der Waals surface area (Å²) in [7, 11) is -3.29. The molecule has 2 atom stereocenters. The van der Waals surface area contributed by atoms with Crippen LogP contribution in [-0.4, -0.2) is 40.6 Å². The van der Waals surface area contributed by atoms with E-state index >= 15 is 0 Å². The highest BCUT2D eigenvalue weighted by Gasteiger charge is 2.26. The number of aliphatic carboxylic acids is 1. The van der Waals surface area contributed by atoms with Crippen molar-refractivity contribution in [3.63, 3.8) is 0 Å². The van der Waals surface area contributed by atoms with Crippen LogP contribution in [0.5, 0.6) is 0 Å². The number of benzene rings is 1. The Hall–Kier alpha value is -3.21. The van der Waals surface area contributed by atoms with E-state index in [9.17, 15) is 18.9 Å². The van der Waals surface area contributed by atoms with Gasteiger partial charge in [0.15, 0.2) is 11.5 Å². The molecule has 11 heteroatoms. The van der Waals surface area contributed by atoms with Crippen molar-refractivity contribution >= 4 is 32.7 Å². The smallest absolute Gasteiger partial charge is 0.331 e. The Morgan fingerprint density at radius 3 is 2.52 bits per heavy atom. The van der Waals surface area contributed by atoms with Gasteiger partial charge in [0, 0.05) is 6.26 Å². The summed E-state index contributed by atoms with van der Waals surface area (Å²) >= 11 is 0. The van der Waals surface area contributed by atoms with Gasteiger partial charge >= 0.3 is 11.7 Å².